The number of amides is 2. The van der Waals surface area contributed by atoms with E-state index in [0.29, 0.717) is 18.1 Å². The number of aromatic nitrogens is 1. The van der Waals surface area contributed by atoms with Gasteiger partial charge in [0.1, 0.15) is 6.54 Å². The highest BCUT2D eigenvalue weighted by molar-refractivity contribution is 7.13. The Morgan fingerprint density at radius 3 is 2.70 bits per heavy atom. The minimum Gasteiger partial charge on any atom is -0.329 e. The zero-order valence-electron chi connectivity index (χ0n) is 15.1. The zero-order chi connectivity index (χ0) is 19.8. The van der Waals surface area contributed by atoms with E-state index in [1.807, 2.05) is 19.0 Å². The third-order valence-corrected chi connectivity index (χ3v) is 4.33. The predicted molar refractivity (Wildman–Crippen MR) is 103 cm³/mol. The number of nitro benzene ring substituents is 1. The van der Waals surface area contributed by atoms with Crippen molar-refractivity contribution in [3.05, 3.63) is 51.5 Å². The summed E-state index contributed by atoms with van der Waals surface area (Å²) in [7, 11) is 3.84. The van der Waals surface area contributed by atoms with E-state index < -0.39 is 10.8 Å². The van der Waals surface area contributed by atoms with Crippen molar-refractivity contribution in [1.29, 1.82) is 0 Å². The molecule has 0 spiro atoms. The minimum absolute atomic E-state index is 0.158. The highest BCUT2D eigenvalue weighted by Gasteiger charge is 2.21. The number of benzene rings is 1. The van der Waals surface area contributed by atoms with Crippen molar-refractivity contribution in [2.75, 3.05) is 39.0 Å². The summed E-state index contributed by atoms with van der Waals surface area (Å²) >= 11 is 1.28. The van der Waals surface area contributed by atoms with Gasteiger partial charge in [-0.05, 0) is 33.1 Å². The quantitative estimate of drug-likeness (QED) is 0.518. The number of nitrogens with zero attached hydrogens (tertiary/aromatic N) is 4. The lowest BCUT2D eigenvalue weighted by molar-refractivity contribution is -0.384. The van der Waals surface area contributed by atoms with Crippen molar-refractivity contribution in [2.24, 2.45) is 0 Å². The number of rotatable bonds is 9. The number of thiazole rings is 1. The third kappa shape index (κ3) is 6.42. The van der Waals surface area contributed by atoms with Crippen molar-refractivity contribution >= 4 is 34.0 Å². The normalized spacial score (nSPS) is 10.6. The molecular formula is C17H21N5O4S. The van der Waals surface area contributed by atoms with E-state index in [9.17, 15) is 19.7 Å². The van der Waals surface area contributed by atoms with Gasteiger partial charge in [-0.15, -0.1) is 11.3 Å². The van der Waals surface area contributed by atoms with Gasteiger partial charge in [0.15, 0.2) is 5.13 Å². The Bertz CT molecular complexity index is 794. The molecule has 1 heterocycles. The number of carbonyl (C=O) groups excluding carboxylic acids is 2. The van der Waals surface area contributed by atoms with Crippen LogP contribution in [0.2, 0.25) is 0 Å². The van der Waals surface area contributed by atoms with E-state index >= 15 is 0 Å². The summed E-state index contributed by atoms with van der Waals surface area (Å²) in [4.78, 5) is 42.9. The van der Waals surface area contributed by atoms with Gasteiger partial charge in [-0.25, -0.2) is 4.98 Å². The number of nitro groups is 1. The molecule has 0 aliphatic carbocycles. The van der Waals surface area contributed by atoms with Gasteiger partial charge in [0, 0.05) is 35.8 Å². The van der Waals surface area contributed by atoms with Crippen molar-refractivity contribution in [2.45, 2.75) is 6.42 Å². The summed E-state index contributed by atoms with van der Waals surface area (Å²) in [6.45, 7) is 0.937. The van der Waals surface area contributed by atoms with Crippen molar-refractivity contribution in [1.82, 2.24) is 14.8 Å². The molecule has 0 bridgehead atoms. The highest BCUT2D eigenvalue weighted by atomic mass is 32.1. The molecule has 2 rings (SSSR count). The Labute approximate surface area is 160 Å². The molecule has 0 radical (unpaired) electrons. The summed E-state index contributed by atoms with van der Waals surface area (Å²) in [6, 6.07) is 5.51. The van der Waals surface area contributed by atoms with Crippen LogP contribution in [0.3, 0.4) is 0 Å². The summed E-state index contributed by atoms with van der Waals surface area (Å²) < 4.78 is 0. The summed E-state index contributed by atoms with van der Waals surface area (Å²) in [5, 5.41) is 15.8. The Kier molecular flexibility index (Phi) is 7.38. The monoisotopic (exact) mass is 391 g/mol. The lowest BCUT2D eigenvalue weighted by atomic mass is 10.1. The van der Waals surface area contributed by atoms with Gasteiger partial charge in [-0.3, -0.25) is 19.7 Å². The lowest BCUT2D eigenvalue weighted by Crippen LogP contribution is -2.39. The van der Waals surface area contributed by atoms with Crippen LogP contribution >= 0.6 is 11.3 Å². The minimum atomic E-state index is -0.553. The maximum absolute atomic E-state index is 12.8. The second kappa shape index (κ2) is 9.74. The molecule has 1 N–H and O–H groups in total. The number of hydrogen-bond donors (Lipinski definition) is 1. The Hall–Kier alpha value is -2.85. The SMILES string of the molecule is CN(C)CCCN(CC(=O)Nc1nccs1)C(=O)c1cccc([N+](=O)[O-])c1. The Balaban J connectivity index is 2.12. The van der Waals surface area contributed by atoms with E-state index in [1.165, 1.54) is 40.5 Å². The van der Waals surface area contributed by atoms with Gasteiger partial charge < -0.3 is 15.1 Å². The Morgan fingerprint density at radius 2 is 2.07 bits per heavy atom. The first-order chi connectivity index (χ1) is 12.9. The lowest BCUT2D eigenvalue weighted by Gasteiger charge is -2.23. The molecule has 0 saturated heterocycles. The molecule has 0 fully saturated rings. The number of anilines is 1. The van der Waals surface area contributed by atoms with Crippen molar-refractivity contribution < 1.29 is 14.5 Å². The fourth-order valence-electron chi connectivity index (χ4n) is 2.38. The molecular weight excluding hydrogens is 370 g/mol. The van der Waals surface area contributed by atoms with Gasteiger partial charge in [0.05, 0.1) is 4.92 Å². The molecule has 2 aromatic rings. The molecule has 1 aromatic carbocycles. The Morgan fingerprint density at radius 1 is 1.30 bits per heavy atom. The smallest absolute Gasteiger partial charge is 0.270 e. The number of carbonyl (C=O) groups is 2. The van der Waals surface area contributed by atoms with E-state index in [-0.39, 0.29) is 23.7 Å². The van der Waals surface area contributed by atoms with Crippen LogP contribution in [-0.2, 0) is 4.79 Å². The first kappa shape index (κ1) is 20.5. The van der Waals surface area contributed by atoms with Crippen LogP contribution in [0.4, 0.5) is 10.8 Å². The van der Waals surface area contributed by atoms with E-state index in [4.69, 9.17) is 0 Å². The molecule has 0 atom stereocenters. The van der Waals surface area contributed by atoms with Crippen LogP contribution in [0.25, 0.3) is 0 Å². The van der Waals surface area contributed by atoms with Gasteiger partial charge in [-0.2, -0.15) is 0 Å². The summed E-state index contributed by atoms with van der Waals surface area (Å²) in [5.74, 6) is -0.791. The van der Waals surface area contributed by atoms with Crippen LogP contribution < -0.4 is 5.32 Å². The molecule has 0 unspecified atom stereocenters. The molecule has 0 saturated carbocycles. The average molecular weight is 391 g/mol. The van der Waals surface area contributed by atoms with E-state index in [1.54, 1.807) is 11.6 Å². The predicted octanol–water partition coefficient (Wildman–Crippen LogP) is 2.08. The molecule has 144 valence electrons. The largest absolute Gasteiger partial charge is 0.329 e. The summed E-state index contributed by atoms with van der Waals surface area (Å²) in [6.07, 6.45) is 2.24. The van der Waals surface area contributed by atoms with Gasteiger partial charge in [-0.1, -0.05) is 6.07 Å². The van der Waals surface area contributed by atoms with Crippen LogP contribution in [-0.4, -0.2) is 65.3 Å². The standard InChI is InChI=1S/C17H21N5O4S/c1-20(2)8-4-9-21(12-15(23)19-17-18-7-10-27-17)16(24)13-5-3-6-14(11-13)22(25)26/h3,5-7,10-11H,4,8-9,12H2,1-2H3,(H,18,19,23). The fraction of sp³-hybridized carbons (Fsp3) is 0.353. The first-order valence-corrected chi connectivity index (χ1v) is 9.12. The molecule has 10 heteroatoms. The van der Waals surface area contributed by atoms with Gasteiger partial charge in [0.25, 0.3) is 11.6 Å². The number of hydrogen-bond acceptors (Lipinski definition) is 7. The molecule has 9 nitrogen and oxygen atoms in total. The van der Waals surface area contributed by atoms with Crippen LogP contribution in [0.1, 0.15) is 16.8 Å². The topological polar surface area (TPSA) is 109 Å². The molecule has 0 aliphatic heterocycles. The van der Waals surface area contributed by atoms with Crippen LogP contribution in [0, 0.1) is 10.1 Å². The molecule has 27 heavy (non-hydrogen) atoms. The van der Waals surface area contributed by atoms with Gasteiger partial charge >= 0.3 is 0 Å². The zero-order valence-corrected chi connectivity index (χ0v) is 15.9. The molecule has 1 aromatic heterocycles. The fourth-order valence-corrected chi connectivity index (χ4v) is 2.93. The molecule has 2 amide bonds. The second-order valence-corrected chi connectivity index (χ2v) is 6.97. The number of nitrogens with one attached hydrogen (secondary N) is 1. The van der Waals surface area contributed by atoms with Crippen LogP contribution in [0.15, 0.2) is 35.8 Å². The van der Waals surface area contributed by atoms with Crippen molar-refractivity contribution in [3.63, 3.8) is 0 Å². The van der Waals surface area contributed by atoms with Crippen LogP contribution in [0.5, 0.6) is 0 Å². The number of non-ortho nitro benzene ring substituents is 1. The van der Waals surface area contributed by atoms with Gasteiger partial charge in [0.2, 0.25) is 5.91 Å². The van der Waals surface area contributed by atoms with E-state index in [0.717, 1.165) is 6.54 Å². The maximum atomic E-state index is 12.8. The maximum Gasteiger partial charge on any atom is 0.270 e. The summed E-state index contributed by atoms with van der Waals surface area (Å²) in [5.41, 5.74) is 0.0115. The average Bonchev–Trinajstić information content (AvgIpc) is 3.13. The van der Waals surface area contributed by atoms with E-state index in [2.05, 4.69) is 10.3 Å². The highest BCUT2D eigenvalue weighted by Crippen LogP contribution is 2.16. The molecule has 0 aliphatic rings. The van der Waals surface area contributed by atoms with Crippen molar-refractivity contribution in [3.8, 4) is 0 Å². The third-order valence-electron chi connectivity index (χ3n) is 3.64. The second-order valence-electron chi connectivity index (χ2n) is 6.08. The first-order valence-electron chi connectivity index (χ1n) is 8.24.